The fourth-order valence-corrected chi connectivity index (χ4v) is 2.86. The van der Waals surface area contributed by atoms with Gasteiger partial charge in [-0.05, 0) is 30.9 Å². The maximum absolute atomic E-state index is 11.4. The lowest BCUT2D eigenvalue weighted by atomic mass is 10.4. The standard InChI is InChI=1S/C12H14N6OS/c1-13-7-8-10(14-9-5-3-4-6-18(8)9)20-12-16-15-11(19)17(12)2/h3-6,13H,7H2,1-2H3,(H,15,19). The summed E-state index contributed by atoms with van der Waals surface area (Å²) in [6, 6.07) is 5.86. The fraction of sp³-hybridized carbons (Fsp3) is 0.250. The summed E-state index contributed by atoms with van der Waals surface area (Å²) in [5.41, 5.74) is 1.69. The summed E-state index contributed by atoms with van der Waals surface area (Å²) in [6.07, 6.45) is 1.97. The van der Waals surface area contributed by atoms with Crippen LogP contribution in [0.15, 0.2) is 39.4 Å². The van der Waals surface area contributed by atoms with Crippen LogP contribution in [0.4, 0.5) is 0 Å². The normalized spacial score (nSPS) is 11.3. The van der Waals surface area contributed by atoms with Gasteiger partial charge in [0.2, 0.25) is 0 Å². The number of H-pyrrole nitrogens is 1. The Labute approximate surface area is 119 Å². The summed E-state index contributed by atoms with van der Waals surface area (Å²) in [6.45, 7) is 0.686. The lowest BCUT2D eigenvalue weighted by molar-refractivity contribution is 0.752. The van der Waals surface area contributed by atoms with Crippen LogP contribution < -0.4 is 11.0 Å². The Morgan fingerprint density at radius 3 is 3.00 bits per heavy atom. The Kier molecular flexibility index (Phi) is 3.33. The third kappa shape index (κ3) is 2.12. The second-order valence-electron chi connectivity index (χ2n) is 4.30. The van der Waals surface area contributed by atoms with Gasteiger partial charge in [0, 0.05) is 19.8 Å². The van der Waals surface area contributed by atoms with Gasteiger partial charge in [-0.3, -0.25) is 4.57 Å². The van der Waals surface area contributed by atoms with Crippen LogP contribution in [0.3, 0.4) is 0 Å². The second-order valence-corrected chi connectivity index (χ2v) is 5.25. The predicted molar refractivity (Wildman–Crippen MR) is 75.9 cm³/mol. The minimum absolute atomic E-state index is 0.230. The summed E-state index contributed by atoms with van der Waals surface area (Å²) < 4.78 is 3.50. The quantitative estimate of drug-likeness (QED) is 0.736. The maximum atomic E-state index is 11.4. The summed E-state index contributed by atoms with van der Waals surface area (Å²) in [4.78, 5) is 16.0. The van der Waals surface area contributed by atoms with E-state index >= 15 is 0 Å². The summed E-state index contributed by atoms with van der Waals surface area (Å²) >= 11 is 1.38. The number of aromatic amines is 1. The maximum Gasteiger partial charge on any atom is 0.343 e. The van der Waals surface area contributed by atoms with Crippen molar-refractivity contribution in [2.75, 3.05) is 7.05 Å². The van der Waals surface area contributed by atoms with E-state index in [-0.39, 0.29) is 5.69 Å². The molecule has 0 aliphatic heterocycles. The van der Waals surface area contributed by atoms with Gasteiger partial charge < -0.3 is 9.72 Å². The van der Waals surface area contributed by atoms with Crippen molar-refractivity contribution in [2.24, 2.45) is 7.05 Å². The van der Waals surface area contributed by atoms with E-state index in [0.717, 1.165) is 16.4 Å². The highest BCUT2D eigenvalue weighted by molar-refractivity contribution is 7.99. The molecular weight excluding hydrogens is 276 g/mol. The number of imidazole rings is 1. The Bertz CT molecular complexity index is 802. The second kappa shape index (κ2) is 5.14. The molecule has 0 radical (unpaired) electrons. The Morgan fingerprint density at radius 2 is 2.30 bits per heavy atom. The van der Waals surface area contributed by atoms with E-state index in [1.54, 1.807) is 7.05 Å². The molecule has 0 spiro atoms. The van der Waals surface area contributed by atoms with Crippen LogP contribution in [-0.4, -0.2) is 31.2 Å². The van der Waals surface area contributed by atoms with Crippen LogP contribution >= 0.6 is 11.8 Å². The van der Waals surface area contributed by atoms with Gasteiger partial charge in [-0.15, -0.1) is 5.10 Å². The monoisotopic (exact) mass is 290 g/mol. The molecule has 3 aromatic heterocycles. The van der Waals surface area contributed by atoms with Gasteiger partial charge in [-0.2, -0.15) is 0 Å². The Morgan fingerprint density at radius 1 is 1.45 bits per heavy atom. The van der Waals surface area contributed by atoms with Gasteiger partial charge in [-0.1, -0.05) is 6.07 Å². The van der Waals surface area contributed by atoms with Gasteiger partial charge in [0.05, 0.1) is 5.69 Å². The SMILES string of the molecule is CNCc1c(Sc2n[nH]c(=O)n2C)nc2ccccn12. The Hall–Kier alpha value is -2.06. The first-order valence-corrected chi connectivity index (χ1v) is 6.92. The van der Waals surface area contributed by atoms with E-state index in [1.807, 2.05) is 35.8 Å². The molecule has 0 bridgehead atoms. The predicted octanol–water partition coefficient (Wildman–Crippen LogP) is 0.627. The molecule has 0 amide bonds. The molecule has 3 aromatic rings. The van der Waals surface area contributed by atoms with Crippen molar-refractivity contribution in [3.8, 4) is 0 Å². The van der Waals surface area contributed by atoms with E-state index < -0.39 is 0 Å². The number of aromatic nitrogens is 5. The van der Waals surface area contributed by atoms with Crippen molar-refractivity contribution in [3.63, 3.8) is 0 Å². The van der Waals surface area contributed by atoms with E-state index in [9.17, 15) is 4.79 Å². The van der Waals surface area contributed by atoms with Crippen molar-refractivity contribution in [1.29, 1.82) is 0 Å². The number of hydrogen-bond donors (Lipinski definition) is 2. The average Bonchev–Trinajstić information content (AvgIpc) is 2.95. The van der Waals surface area contributed by atoms with Crippen molar-refractivity contribution in [2.45, 2.75) is 16.7 Å². The summed E-state index contributed by atoms with van der Waals surface area (Å²) in [7, 11) is 3.57. The third-order valence-electron chi connectivity index (χ3n) is 2.96. The van der Waals surface area contributed by atoms with E-state index in [4.69, 9.17) is 0 Å². The van der Waals surface area contributed by atoms with Crippen molar-refractivity contribution in [1.82, 2.24) is 29.5 Å². The molecule has 0 saturated carbocycles. The first kappa shape index (κ1) is 12.9. The molecule has 0 unspecified atom stereocenters. The number of rotatable bonds is 4. The number of hydrogen-bond acceptors (Lipinski definition) is 5. The highest BCUT2D eigenvalue weighted by Crippen LogP contribution is 2.28. The van der Waals surface area contributed by atoms with Crippen LogP contribution in [0.1, 0.15) is 5.69 Å². The molecular formula is C12H14N6OS. The molecule has 8 heteroatoms. The minimum Gasteiger partial charge on any atom is -0.314 e. The van der Waals surface area contributed by atoms with Gasteiger partial charge in [0.15, 0.2) is 5.16 Å². The van der Waals surface area contributed by atoms with Crippen LogP contribution in [0, 0.1) is 0 Å². The van der Waals surface area contributed by atoms with E-state index in [2.05, 4.69) is 20.5 Å². The van der Waals surface area contributed by atoms with Crippen molar-refractivity contribution in [3.05, 3.63) is 40.6 Å². The molecule has 0 fully saturated rings. The molecule has 0 atom stereocenters. The molecule has 0 aromatic carbocycles. The van der Waals surface area contributed by atoms with Crippen LogP contribution in [0.25, 0.3) is 5.65 Å². The highest BCUT2D eigenvalue weighted by atomic mass is 32.2. The molecule has 0 aliphatic rings. The smallest absolute Gasteiger partial charge is 0.314 e. The number of pyridine rings is 1. The first-order valence-electron chi connectivity index (χ1n) is 6.10. The van der Waals surface area contributed by atoms with Crippen molar-refractivity contribution < 1.29 is 0 Å². The zero-order valence-electron chi connectivity index (χ0n) is 11.1. The van der Waals surface area contributed by atoms with E-state index in [0.29, 0.717) is 11.7 Å². The molecule has 3 rings (SSSR count). The topological polar surface area (TPSA) is 80.0 Å². The number of fused-ring (bicyclic) bond motifs is 1. The molecule has 0 saturated heterocycles. The summed E-state index contributed by atoms with van der Waals surface area (Å²) in [5.74, 6) is 0. The largest absolute Gasteiger partial charge is 0.343 e. The minimum atomic E-state index is -0.230. The summed E-state index contributed by atoms with van der Waals surface area (Å²) in [5, 5.41) is 11.0. The number of nitrogens with zero attached hydrogens (tertiary/aromatic N) is 4. The highest BCUT2D eigenvalue weighted by Gasteiger charge is 2.15. The molecule has 2 N–H and O–H groups in total. The van der Waals surface area contributed by atoms with Crippen molar-refractivity contribution >= 4 is 17.4 Å². The molecule has 0 aliphatic carbocycles. The van der Waals surface area contributed by atoms with Gasteiger partial charge in [0.1, 0.15) is 10.7 Å². The van der Waals surface area contributed by atoms with E-state index in [1.165, 1.54) is 16.3 Å². The van der Waals surface area contributed by atoms with Gasteiger partial charge >= 0.3 is 5.69 Å². The third-order valence-corrected chi connectivity index (χ3v) is 4.03. The van der Waals surface area contributed by atoms with Crippen LogP contribution in [0.2, 0.25) is 0 Å². The number of nitrogens with one attached hydrogen (secondary N) is 2. The zero-order valence-corrected chi connectivity index (χ0v) is 11.9. The van der Waals surface area contributed by atoms with Gasteiger partial charge in [0.25, 0.3) is 0 Å². The molecule has 20 heavy (non-hydrogen) atoms. The average molecular weight is 290 g/mol. The van der Waals surface area contributed by atoms with Gasteiger partial charge in [-0.25, -0.2) is 14.9 Å². The fourth-order valence-electron chi connectivity index (χ4n) is 1.95. The molecule has 3 heterocycles. The Balaban J connectivity index is 2.08. The first-order chi connectivity index (χ1) is 9.70. The van der Waals surface area contributed by atoms with Crippen LogP contribution in [0.5, 0.6) is 0 Å². The van der Waals surface area contributed by atoms with Crippen LogP contribution in [-0.2, 0) is 13.6 Å². The lowest BCUT2D eigenvalue weighted by Crippen LogP contribution is -2.13. The zero-order chi connectivity index (χ0) is 14.1. The lowest BCUT2D eigenvalue weighted by Gasteiger charge is -2.03. The molecule has 7 nitrogen and oxygen atoms in total. The molecule has 104 valence electrons.